The van der Waals surface area contributed by atoms with Gasteiger partial charge < -0.3 is 0 Å². The number of nitrogens with zero attached hydrogens (tertiary/aromatic N) is 1. The van der Waals surface area contributed by atoms with Crippen molar-refractivity contribution in [2.45, 2.75) is 13.3 Å². The Labute approximate surface area is 58.1 Å². The first-order chi connectivity index (χ1) is 4.31. The fourth-order valence-corrected chi connectivity index (χ4v) is 0.391. The van der Waals surface area contributed by atoms with E-state index in [2.05, 4.69) is 37.6 Å². The van der Waals surface area contributed by atoms with E-state index in [1.54, 1.807) is 0 Å². The molecule has 0 unspecified atom stereocenters. The van der Waals surface area contributed by atoms with Crippen LogP contribution in [-0.2, 0) is 0 Å². The summed E-state index contributed by atoms with van der Waals surface area (Å²) < 4.78 is 0. The van der Waals surface area contributed by atoms with Gasteiger partial charge in [0, 0.05) is 6.42 Å². The summed E-state index contributed by atoms with van der Waals surface area (Å²) in [6.07, 6.45) is 0.720. The Morgan fingerprint density at radius 2 is 2.11 bits per heavy atom. The molecule has 1 nitrogen and oxygen atoms in total. The topological polar surface area (TPSA) is 3.24 Å². The molecule has 0 aromatic rings. The van der Waals surface area contributed by atoms with Gasteiger partial charge in [-0.25, -0.2) is 0 Å². The molecule has 0 fully saturated rings. The Kier molecular flexibility index (Phi) is 5.35. The van der Waals surface area contributed by atoms with Crippen molar-refractivity contribution in [2.75, 3.05) is 20.1 Å². The Hall–Kier alpha value is -0.480. The average Bonchev–Trinajstić information content (AvgIpc) is 1.89. The van der Waals surface area contributed by atoms with Gasteiger partial charge in [-0.05, 0) is 20.5 Å². The predicted octanol–water partition coefficient (Wildman–Crippen LogP) is 1.17. The first kappa shape index (κ1) is 8.52. The van der Waals surface area contributed by atoms with Gasteiger partial charge in [-0.2, -0.15) is 0 Å². The molecule has 1 radical (unpaired) electrons. The fourth-order valence-electron chi connectivity index (χ4n) is 0.391. The highest BCUT2D eigenvalue weighted by atomic mass is 15.1. The fraction of sp³-hybridized carbons (Fsp3) is 0.625. The van der Waals surface area contributed by atoms with Crippen LogP contribution >= 0.6 is 0 Å². The molecule has 0 aromatic heterocycles. The molecule has 0 rings (SSSR count). The van der Waals surface area contributed by atoms with Crippen LogP contribution in [0.4, 0.5) is 0 Å². The summed E-state index contributed by atoms with van der Waals surface area (Å²) in [5.74, 6) is 5.91. The third-order valence-electron chi connectivity index (χ3n) is 1.14. The highest BCUT2D eigenvalue weighted by Gasteiger charge is 1.85. The molecular formula is C8H14N. The van der Waals surface area contributed by atoms with Crippen molar-refractivity contribution < 1.29 is 0 Å². The minimum Gasteiger partial charge on any atom is -0.296 e. The van der Waals surface area contributed by atoms with E-state index in [-0.39, 0.29) is 0 Å². The van der Waals surface area contributed by atoms with Gasteiger partial charge in [-0.15, -0.1) is 5.92 Å². The molecule has 0 aliphatic rings. The third-order valence-corrected chi connectivity index (χ3v) is 1.14. The van der Waals surface area contributed by atoms with Gasteiger partial charge in [0.15, 0.2) is 0 Å². The highest BCUT2D eigenvalue weighted by Crippen LogP contribution is 1.76. The van der Waals surface area contributed by atoms with E-state index in [0.29, 0.717) is 0 Å². The molecule has 0 saturated carbocycles. The van der Waals surface area contributed by atoms with Gasteiger partial charge in [-0.3, -0.25) is 4.90 Å². The second-order valence-corrected chi connectivity index (χ2v) is 1.93. The van der Waals surface area contributed by atoms with E-state index < -0.39 is 0 Å². The Balaban J connectivity index is 3.25. The molecule has 0 saturated heterocycles. The van der Waals surface area contributed by atoms with Crippen LogP contribution in [-0.4, -0.2) is 25.0 Å². The molecule has 0 amide bonds. The standard InChI is InChI=1S/C8H14N/c1-4-6-7-8-9(3)5-2/h1,4-5,8H2,2-3H3. The molecule has 0 N–H and O–H groups in total. The molecule has 1 heteroatoms. The summed E-state index contributed by atoms with van der Waals surface area (Å²) in [7, 11) is 2.05. The SMILES string of the molecule is [CH2]CC#CCN(C)CC. The van der Waals surface area contributed by atoms with E-state index in [1.165, 1.54) is 0 Å². The maximum Gasteiger partial charge on any atom is 0.0598 e. The second-order valence-electron chi connectivity index (χ2n) is 1.93. The van der Waals surface area contributed by atoms with E-state index >= 15 is 0 Å². The molecule has 9 heavy (non-hydrogen) atoms. The maximum atomic E-state index is 3.62. The average molecular weight is 124 g/mol. The lowest BCUT2D eigenvalue weighted by Crippen LogP contribution is -2.17. The molecule has 0 spiro atoms. The Bertz CT molecular complexity index is 107. The van der Waals surface area contributed by atoms with E-state index in [1.807, 2.05) is 0 Å². The molecule has 0 aromatic carbocycles. The zero-order valence-electron chi connectivity index (χ0n) is 6.28. The lowest BCUT2D eigenvalue weighted by molar-refractivity contribution is 0.398. The van der Waals surface area contributed by atoms with Crippen LogP contribution in [0.25, 0.3) is 0 Å². The summed E-state index contributed by atoms with van der Waals surface area (Å²) in [5.41, 5.74) is 0. The van der Waals surface area contributed by atoms with Crippen molar-refractivity contribution in [3.63, 3.8) is 0 Å². The smallest absolute Gasteiger partial charge is 0.0598 e. The van der Waals surface area contributed by atoms with Crippen molar-refractivity contribution in [3.05, 3.63) is 6.92 Å². The number of hydrogen-bond acceptors (Lipinski definition) is 1. The molecule has 51 valence electrons. The monoisotopic (exact) mass is 124 g/mol. The Morgan fingerprint density at radius 3 is 2.56 bits per heavy atom. The molecule has 0 aliphatic heterocycles. The van der Waals surface area contributed by atoms with Crippen LogP contribution in [0.5, 0.6) is 0 Å². The zero-order chi connectivity index (χ0) is 7.11. The van der Waals surface area contributed by atoms with Crippen LogP contribution < -0.4 is 0 Å². The van der Waals surface area contributed by atoms with Gasteiger partial charge in [0.05, 0.1) is 6.54 Å². The van der Waals surface area contributed by atoms with Crippen molar-refractivity contribution in [1.82, 2.24) is 4.90 Å². The first-order valence-corrected chi connectivity index (χ1v) is 3.24. The van der Waals surface area contributed by atoms with Crippen molar-refractivity contribution in [2.24, 2.45) is 0 Å². The maximum absolute atomic E-state index is 3.62. The van der Waals surface area contributed by atoms with Gasteiger partial charge in [0.1, 0.15) is 0 Å². The van der Waals surface area contributed by atoms with Gasteiger partial charge in [0.2, 0.25) is 0 Å². The van der Waals surface area contributed by atoms with Crippen LogP contribution in [0, 0.1) is 18.8 Å². The molecular weight excluding hydrogens is 110 g/mol. The first-order valence-electron chi connectivity index (χ1n) is 3.24. The van der Waals surface area contributed by atoms with E-state index in [0.717, 1.165) is 19.5 Å². The van der Waals surface area contributed by atoms with Gasteiger partial charge in [0.25, 0.3) is 0 Å². The second kappa shape index (κ2) is 5.65. The minimum absolute atomic E-state index is 0.720. The summed E-state index contributed by atoms with van der Waals surface area (Å²) in [6, 6.07) is 0. The highest BCUT2D eigenvalue weighted by molar-refractivity contribution is 5.01. The molecule has 0 bridgehead atoms. The predicted molar refractivity (Wildman–Crippen MR) is 40.9 cm³/mol. The van der Waals surface area contributed by atoms with Gasteiger partial charge in [-0.1, -0.05) is 12.8 Å². The largest absolute Gasteiger partial charge is 0.296 e. The van der Waals surface area contributed by atoms with Crippen molar-refractivity contribution >= 4 is 0 Å². The summed E-state index contributed by atoms with van der Waals surface area (Å²) in [5, 5.41) is 0. The quantitative estimate of drug-likeness (QED) is 0.499. The van der Waals surface area contributed by atoms with Crippen LogP contribution in [0.2, 0.25) is 0 Å². The summed E-state index contributed by atoms with van der Waals surface area (Å²) in [4.78, 5) is 2.16. The normalized spacial score (nSPS) is 8.89. The molecule has 0 aliphatic carbocycles. The number of rotatable bonds is 2. The number of hydrogen-bond donors (Lipinski definition) is 0. The van der Waals surface area contributed by atoms with Crippen molar-refractivity contribution in [1.29, 1.82) is 0 Å². The van der Waals surface area contributed by atoms with Crippen molar-refractivity contribution in [3.8, 4) is 11.8 Å². The third kappa shape index (κ3) is 5.39. The van der Waals surface area contributed by atoms with Crippen LogP contribution in [0.3, 0.4) is 0 Å². The molecule has 0 atom stereocenters. The lowest BCUT2D eigenvalue weighted by atomic mass is 10.4. The summed E-state index contributed by atoms with van der Waals surface area (Å²) >= 11 is 0. The zero-order valence-corrected chi connectivity index (χ0v) is 6.28. The van der Waals surface area contributed by atoms with Crippen LogP contribution in [0.15, 0.2) is 0 Å². The van der Waals surface area contributed by atoms with E-state index in [9.17, 15) is 0 Å². The lowest BCUT2D eigenvalue weighted by Gasteiger charge is -2.07. The van der Waals surface area contributed by atoms with E-state index in [4.69, 9.17) is 0 Å². The minimum atomic E-state index is 0.720. The van der Waals surface area contributed by atoms with Crippen LogP contribution in [0.1, 0.15) is 13.3 Å². The summed E-state index contributed by atoms with van der Waals surface area (Å²) in [6.45, 7) is 7.66. The Morgan fingerprint density at radius 1 is 1.44 bits per heavy atom. The molecule has 0 heterocycles. The van der Waals surface area contributed by atoms with Gasteiger partial charge >= 0.3 is 0 Å².